The third-order valence-electron chi connectivity index (χ3n) is 6.23. The first-order valence-corrected chi connectivity index (χ1v) is 12.4. The van der Waals surface area contributed by atoms with Crippen LogP contribution in [-0.2, 0) is 0 Å². The zero-order valence-corrected chi connectivity index (χ0v) is 22.1. The molecule has 190 valence electrons. The van der Waals surface area contributed by atoms with Crippen LogP contribution in [0.4, 0.5) is 11.4 Å². The van der Waals surface area contributed by atoms with Crippen LogP contribution in [0, 0.1) is 11.3 Å². The van der Waals surface area contributed by atoms with E-state index in [0.717, 1.165) is 39.1 Å². The van der Waals surface area contributed by atoms with Crippen molar-refractivity contribution in [2.75, 3.05) is 65.9 Å². The van der Waals surface area contributed by atoms with Gasteiger partial charge in [-0.15, -0.1) is 0 Å². The molecule has 2 aromatic carbocycles. The Hall–Kier alpha value is -2.96. The molecule has 0 amide bonds. The van der Waals surface area contributed by atoms with E-state index in [1.54, 1.807) is 19.2 Å². The summed E-state index contributed by atoms with van der Waals surface area (Å²) in [5.74, 6) is 1.60. The molecule has 0 radical (unpaired) electrons. The van der Waals surface area contributed by atoms with Crippen LogP contribution >= 0.6 is 23.2 Å². The Balaban J connectivity index is 1.56. The summed E-state index contributed by atoms with van der Waals surface area (Å²) in [6.07, 6.45) is 2.45. The Kier molecular flexibility index (Phi) is 8.60. The lowest BCUT2D eigenvalue weighted by Crippen LogP contribution is -2.44. The number of nitriles is 1. The molecule has 1 aromatic heterocycles. The predicted molar refractivity (Wildman–Crippen MR) is 143 cm³/mol. The van der Waals surface area contributed by atoms with Crippen LogP contribution in [0.15, 0.2) is 30.5 Å². The van der Waals surface area contributed by atoms with Crippen molar-refractivity contribution in [1.29, 1.82) is 5.26 Å². The average Bonchev–Trinajstić information content (AvgIpc) is 2.89. The second-order valence-corrected chi connectivity index (χ2v) is 9.41. The van der Waals surface area contributed by atoms with Gasteiger partial charge < -0.3 is 29.3 Å². The van der Waals surface area contributed by atoms with Crippen molar-refractivity contribution in [3.05, 3.63) is 46.1 Å². The third kappa shape index (κ3) is 5.88. The number of nitrogens with one attached hydrogen (secondary N) is 1. The lowest BCUT2D eigenvalue weighted by Gasteiger charge is -2.32. The summed E-state index contributed by atoms with van der Waals surface area (Å²) in [6.45, 7) is 5.93. The number of halogens is 2. The van der Waals surface area contributed by atoms with Crippen LogP contribution in [0.1, 0.15) is 12.0 Å². The molecule has 0 bridgehead atoms. The highest BCUT2D eigenvalue weighted by molar-refractivity contribution is 6.43. The van der Waals surface area contributed by atoms with E-state index in [-0.39, 0.29) is 0 Å². The third-order valence-corrected chi connectivity index (χ3v) is 7.01. The second-order valence-electron chi connectivity index (χ2n) is 8.63. The van der Waals surface area contributed by atoms with Crippen LogP contribution in [-0.4, -0.2) is 75.4 Å². The van der Waals surface area contributed by atoms with Crippen molar-refractivity contribution >= 4 is 45.5 Å². The molecular formula is C26H29Cl2N5O3. The molecule has 1 aliphatic heterocycles. The molecule has 0 spiro atoms. The highest BCUT2D eigenvalue weighted by atomic mass is 35.5. The molecule has 1 fully saturated rings. The SMILES string of the molecule is COc1cc2c(Nc3cc(Cl)c(Cl)c(OC)c3)c(C#N)cnc2cc1OCCCN1CCN(C)CC1. The minimum Gasteiger partial charge on any atom is -0.495 e. The van der Waals surface area contributed by atoms with E-state index >= 15 is 0 Å². The maximum atomic E-state index is 9.74. The van der Waals surface area contributed by atoms with Gasteiger partial charge in [0, 0.05) is 62.1 Å². The smallest absolute Gasteiger partial charge is 0.163 e. The van der Waals surface area contributed by atoms with Gasteiger partial charge in [0.25, 0.3) is 0 Å². The van der Waals surface area contributed by atoms with Gasteiger partial charge in [0.15, 0.2) is 11.5 Å². The molecule has 10 heteroatoms. The van der Waals surface area contributed by atoms with Crippen LogP contribution in [0.25, 0.3) is 10.9 Å². The minimum absolute atomic E-state index is 0.320. The predicted octanol–water partition coefficient (Wildman–Crippen LogP) is 5.19. The zero-order chi connectivity index (χ0) is 25.7. The van der Waals surface area contributed by atoms with E-state index in [1.165, 1.54) is 13.3 Å². The highest BCUT2D eigenvalue weighted by Gasteiger charge is 2.17. The Bertz CT molecular complexity index is 1270. The summed E-state index contributed by atoms with van der Waals surface area (Å²) in [7, 11) is 5.26. The van der Waals surface area contributed by atoms with E-state index in [0.29, 0.717) is 61.7 Å². The van der Waals surface area contributed by atoms with Crippen molar-refractivity contribution < 1.29 is 14.2 Å². The number of aromatic nitrogens is 1. The van der Waals surface area contributed by atoms with Gasteiger partial charge in [-0.2, -0.15) is 5.26 Å². The van der Waals surface area contributed by atoms with E-state index in [4.69, 9.17) is 37.4 Å². The summed E-state index contributed by atoms with van der Waals surface area (Å²) in [5, 5.41) is 14.4. The summed E-state index contributed by atoms with van der Waals surface area (Å²) < 4.78 is 17.0. The Morgan fingerprint density at radius 2 is 1.78 bits per heavy atom. The number of hydrogen-bond donors (Lipinski definition) is 1. The van der Waals surface area contributed by atoms with Crippen molar-refractivity contribution in [3.63, 3.8) is 0 Å². The van der Waals surface area contributed by atoms with Gasteiger partial charge in [-0.25, -0.2) is 0 Å². The largest absolute Gasteiger partial charge is 0.495 e. The van der Waals surface area contributed by atoms with Crippen molar-refractivity contribution in [1.82, 2.24) is 14.8 Å². The Morgan fingerprint density at radius 3 is 2.47 bits per heavy atom. The van der Waals surface area contributed by atoms with Gasteiger partial charge in [0.1, 0.15) is 16.8 Å². The molecule has 4 rings (SSSR count). The summed E-state index contributed by atoms with van der Waals surface area (Å²) >= 11 is 12.5. The number of benzene rings is 2. The van der Waals surface area contributed by atoms with Gasteiger partial charge >= 0.3 is 0 Å². The van der Waals surface area contributed by atoms with Crippen molar-refractivity contribution in [2.24, 2.45) is 0 Å². The molecule has 0 atom stereocenters. The fraction of sp³-hybridized carbons (Fsp3) is 0.385. The molecule has 8 nitrogen and oxygen atoms in total. The monoisotopic (exact) mass is 529 g/mol. The van der Waals surface area contributed by atoms with Crippen LogP contribution < -0.4 is 19.5 Å². The molecule has 1 saturated heterocycles. The maximum Gasteiger partial charge on any atom is 0.163 e. The first-order chi connectivity index (χ1) is 17.4. The molecule has 0 saturated carbocycles. The number of rotatable bonds is 9. The number of pyridine rings is 1. The summed E-state index contributed by atoms with van der Waals surface area (Å²) in [4.78, 5) is 9.29. The van der Waals surface area contributed by atoms with Crippen molar-refractivity contribution in [2.45, 2.75) is 6.42 Å². The number of ether oxygens (including phenoxy) is 3. The summed E-state index contributed by atoms with van der Waals surface area (Å²) in [6, 6.07) is 9.26. The Morgan fingerprint density at radius 1 is 1.03 bits per heavy atom. The molecule has 0 aliphatic carbocycles. The fourth-order valence-electron chi connectivity index (χ4n) is 4.16. The number of nitrogens with zero attached hydrogens (tertiary/aromatic N) is 4. The fourth-order valence-corrected chi connectivity index (χ4v) is 4.56. The first-order valence-electron chi connectivity index (χ1n) is 11.7. The minimum atomic E-state index is 0.320. The van der Waals surface area contributed by atoms with E-state index in [9.17, 15) is 5.26 Å². The van der Waals surface area contributed by atoms with Crippen LogP contribution in [0.2, 0.25) is 10.0 Å². The number of hydrogen-bond acceptors (Lipinski definition) is 8. The van der Waals surface area contributed by atoms with Gasteiger partial charge in [-0.1, -0.05) is 23.2 Å². The number of fused-ring (bicyclic) bond motifs is 1. The van der Waals surface area contributed by atoms with Crippen LogP contribution in [0.3, 0.4) is 0 Å². The molecule has 1 N–H and O–H groups in total. The number of piperazine rings is 1. The first kappa shape index (κ1) is 26.1. The lowest BCUT2D eigenvalue weighted by molar-refractivity contribution is 0.145. The van der Waals surface area contributed by atoms with Crippen molar-refractivity contribution in [3.8, 4) is 23.3 Å². The molecule has 36 heavy (non-hydrogen) atoms. The topological polar surface area (TPSA) is 82.9 Å². The molecule has 3 aromatic rings. The lowest BCUT2D eigenvalue weighted by atomic mass is 10.1. The number of anilines is 2. The maximum absolute atomic E-state index is 9.74. The molecule has 2 heterocycles. The van der Waals surface area contributed by atoms with Gasteiger partial charge in [-0.3, -0.25) is 4.98 Å². The quantitative estimate of drug-likeness (QED) is 0.379. The standard InChI is InChI=1S/C26H29Cl2N5O3/c1-32-6-8-33(9-7-32)5-4-10-36-23-14-21-19(13-22(23)34-2)26(17(15-29)16-30-21)31-18-11-20(27)25(28)24(12-18)35-3/h11-14,16H,4-10H2,1-3H3,(H,30,31). The normalized spacial score (nSPS) is 14.4. The van der Waals surface area contributed by atoms with Gasteiger partial charge in [0.05, 0.1) is 42.6 Å². The van der Waals surface area contributed by atoms with Gasteiger partial charge in [0.2, 0.25) is 0 Å². The van der Waals surface area contributed by atoms with E-state index in [1.807, 2.05) is 12.1 Å². The van der Waals surface area contributed by atoms with E-state index in [2.05, 4.69) is 33.2 Å². The number of methoxy groups -OCH3 is 2. The number of likely N-dealkylation sites (N-methyl/N-ethyl adjacent to an activating group) is 1. The Labute approximate surface area is 221 Å². The van der Waals surface area contributed by atoms with Crippen LogP contribution in [0.5, 0.6) is 17.2 Å². The highest BCUT2D eigenvalue weighted by Crippen LogP contribution is 2.40. The summed E-state index contributed by atoms with van der Waals surface area (Å²) in [5.41, 5.74) is 2.23. The molecular weight excluding hydrogens is 501 g/mol. The van der Waals surface area contributed by atoms with Gasteiger partial charge in [-0.05, 0) is 25.6 Å². The zero-order valence-electron chi connectivity index (χ0n) is 20.6. The molecule has 1 aliphatic rings. The van der Waals surface area contributed by atoms with E-state index < -0.39 is 0 Å². The second kappa shape index (κ2) is 11.8. The molecule has 0 unspecified atom stereocenters. The average molecular weight is 530 g/mol.